The molecule has 1 heterocycles. The van der Waals surface area contributed by atoms with E-state index >= 15 is 0 Å². The third kappa shape index (κ3) is 3.59. The van der Waals surface area contributed by atoms with Gasteiger partial charge in [0.15, 0.2) is 0 Å². The molecule has 6 heteroatoms. The van der Waals surface area contributed by atoms with Crippen molar-refractivity contribution in [3.63, 3.8) is 0 Å². The highest BCUT2D eigenvalue weighted by atomic mass is 16.5. The molecule has 0 aliphatic carbocycles. The number of hydrogen-bond donors (Lipinski definition) is 1. The maximum absolute atomic E-state index is 11.1. The van der Waals surface area contributed by atoms with Crippen LogP contribution >= 0.6 is 0 Å². The standard InChI is InChI=1S/C15H20N2O4/c1-3-14-16-12-5-4-11(15(18)19)10-13(12)17(14)6-7-21-9-8-20-2/h4-5,10H,3,6-9H2,1-2H3,(H,18,19). The fourth-order valence-electron chi connectivity index (χ4n) is 2.23. The number of hydrogen-bond acceptors (Lipinski definition) is 4. The Hall–Kier alpha value is -1.92. The van der Waals surface area contributed by atoms with Crippen LogP contribution in [0.15, 0.2) is 18.2 Å². The number of fused-ring (bicyclic) bond motifs is 1. The molecular weight excluding hydrogens is 272 g/mol. The zero-order valence-corrected chi connectivity index (χ0v) is 12.3. The van der Waals surface area contributed by atoms with E-state index in [2.05, 4.69) is 4.98 Å². The van der Waals surface area contributed by atoms with Crippen molar-refractivity contribution in [1.29, 1.82) is 0 Å². The molecule has 0 amide bonds. The predicted octanol–water partition coefficient (Wildman–Crippen LogP) is 1.96. The minimum Gasteiger partial charge on any atom is -0.478 e. The summed E-state index contributed by atoms with van der Waals surface area (Å²) in [5.41, 5.74) is 1.92. The SMILES string of the molecule is CCc1nc2ccc(C(=O)O)cc2n1CCOCCOC. The fourth-order valence-corrected chi connectivity index (χ4v) is 2.23. The van der Waals surface area contributed by atoms with Crippen LogP contribution in [0.1, 0.15) is 23.1 Å². The summed E-state index contributed by atoms with van der Waals surface area (Å²) in [6, 6.07) is 5.00. The van der Waals surface area contributed by atoms with Crippen molar-refractivity contribution in [3.05, 3.63) is 29.6 Å². The Morgan fingerprint density at radius 2 is 2.14 bits per heavy atom. The van der Waals surface area contributed by atoms with Crippen LogP contribution < -0.4 is 0 Å². The molecule has 0 radical (unpaired) electrons. The second-order valence-electron chi connectivity index (χ2n) is 4.65. The number of imidazole rings is 1. The Balaban J connectivity index is 2.22. The van der Waals surface area contributed by atoms with Gasteiger partial charge < -0.3 is 19.1 Å². The first-order chi connectivity index (χ1) is 10.2. The van der Waals surface area contributed by atoms with E-state index in [0.29, 0.717) is 26.4 Å². The second kappa shape index (κ2) is 7.19. The maximum atomic E-state index is 11.1. The number of aromatic nitrogens is 2. The molecule has 2 rings (SSSR count). The Morgan fingerprint density at radius 1 is 1.33 bits per heavy atom. The summed E-state index contributed by atoms with van der Waals surface area (Å²) < 4.78 is 12.4. The van der Waals surface area contributed by atoms with Gasteiger partial charge in [-0.25, -0.2) is 9.78 Å². The lowest BCUT2D eigenvalue weighted by atomic mass is 10.2. The van der Waals surface area contributed by atoms with E-state index < -0.39 is 5.97 Å². The van der Waals surface area contributed by atoms with Gasteiger partial charge >= 0.3 is 5.97 Å². The monoisotopic (exact) mass is 292 g/mol. The molecule has 21 heavy (non-hydrogen) atoms. The number of rotatable bonds is 8. The van der Waals surface area contributed by atoms with Crippen molar-refractivity contribution in [3.8, 4) is 0 Å². The molecule has 0 aliphatic rings. The molecule has 0 atom stereocenters. The van der Waals surface area contributed by atoms with Crippen molar-refractivity contribution in [2.24, 2.45) is 0 Å². The van der Waals surface area contributed by atoms with Crippen molar-refractivity contribution in [1.82, 2.24) is 9.55 Å². The summed E-state index contributed by atoms with van der Waals surface area (Å²) in [5.74, 6) is 0.00178. The van der Waals surface area contributed by atoms with Crippen molar-refractivity contribution >= 4 is 17.0 Å². The van der Waals surface area contributed by atoms with Gasteiger partial charge in [0.05, 0.1) is 36.4 Å². The molecule has 0 saturated heterocycles. The highest BCUT2D eigenvalue weighted by Gasteiger charge is 2.12. The van der Waals surface area contributed by atoms with Crippen LogP contribution in [0.2, 0.25) is 0 Å². The van der Waals surface area contributed by atoms with E-state index in [1.54, 1.807) is 25.3 Å². The number of ether oxygens (including phenoxy) is 2. The average Bonchev–Trinajstić information content (AvgIpc) is 2.84. The van der Waals surface area contributed by atoms with Gasteiger partial charge in [-0.2, -0.15) is 0 Å². The summed E-state index contributed by atoms with van der Waals surface area (Å²) in [4.78, 5) is 15.6. The first-order valence-corrected chi connectivity index (χ1v) is 6.96. The Labute approximate surface area is 123 Å². The smallest absolute Gasteiger partial charge is 0.335 e. The van der Waals surface area contributed by atoms with Crippen LogP contribution in [0.3, 0.4) is 0 Å². The fraction of sp³-hybridized carbons (Fsp3) is 0.467. The van der Waals surface area contributed by atoms with E-state index in [4.69, 9.17) is 14.6 Å². The average molecular weight is 292 g/mol. The van der Waals surface area contributed by atoms with E-state index in [-0.39, 0.29) is 5.56 Å². The summed E-state index contributed by atoms with van der Waals surface area (Å²) >= 11 is 0. The molecular formula is C15H20N2O4. The van der Waals surface area contributed by atoms with E-state index in [9.17, 15) is 4.79 Å². The van der Waals surface area contributed by atoms with Crippen LogP contribution in [0.4, 0.5) is 0 Å². The lowest BCUT2D eigenvalue weighted by molar-refractivity contribution is 0.0667. The Bertz CT molecular complexity index is 621. The largest absolute Gasteiger partial charge is 0.478 e. The molecule has 0 saturated carbocycles. The first-order valence-electron chi connectivity index (χ1n) is 6.96. The summed E-state index contributed by atoms with van der Waals surface area (Å²) in [6.45, 7) is 4.33. The van der Waals surface area contributed by atoms with Gasteiger partial charge in [0, 0.05) is 20.1 Å². The van der Waals surface area contributed by atoms with Crippen LogP contribution in [-0.2, 0) is 22.4 Å². The third-order valence-electron chi connectivity index (χ3n) is 3.28. The van der Waals surface area contributed by atoms with Gasteiger partial charge in [0.1, 0.15) is 5.82 Å². The minimum atomic E-state index is -0.931. The van der Waals surface area contributed by atoms with Crippen molar-refractivity contribution < 1.29 is 19.4 Å². The van der Waals surface area contributed by atoms with E-state index in [1.807, 2.05) is 11.5 Å². The van der Waals surface area contributed by atoms with Gasteiger partial charge in [-0.1, -0.05) is 6.92 Å². The lowest BCUT2D eigenvalue weighted by Gasteiger charge is -2.09. The number of carboxylic acids is 1. The number of carbonyl (C=O) groups is 1. The van der Waals surface area contributed by atoms with Crippen molar-refractivity contribution in [2.75, 3.05) is 26.9 Å². The third-order valence-corrected chi connectivity index (χ3v) is 3.28. The summed E-state index contributed by atoms with van der Waals surface area (Å²) in [5, 5.41) is 9.10. The van der Waals surface area contributed by atoms with E-state index in [0.717, 1.165) is 23.3 Å². The highest BCUT2D eigenvalue weighted by molar-refractivity contribution is 5.92. The second-order valence-corrected chi connectivity index (χ2v) is 4.65. The van der Waals surface area contributed by atoms with Crippen molar-refractivity contribution in [2.45, 2.75) is 19.9 Å². The molecule has 1 aromatic carbocycles. The molecule has 0 spiro atoms. The summed E-state index contributed by atoms with van der Waals surface area (Å²) in [7, 11) is 1.63. The molecule has 2 aromatic rings. The van der Waals surface area contributed by atoms with Gasteiger partial charge in [-0.15, -0.1) is 0 Å². The molecule has 0 unspecified atom stereocenters. The number of aryl methyl sites for hydroxylation is 1. The summed E-state index contributed by atoms with van der Waals surface area (Å²) in [6.07, 6.45) is 0.787. The zero-order chi connectivity index (χ0) is 15.2. The van der Waals surface area contributed by atoms with Crippen LogP contribution in [0, 0.1) is 0 Å². The Morgan fingerprint density at radius 3 is 2.81 bits per heavy atom. The number of nitrogens with zero attached hydrogens (tertiary/aromatic N) is 2. The Kier molecular flexibility index (Phi) is 5.30. The molecule has 6 nitrogen and oxygen atoms in total. The van der Waals surface area contributed by atoms with Gasteiger partial charge in [-0.3, -0.25) is 0 Å². The minimum absolute atomic E-state index is 0.270. The topological polar surface area (TPSA) is 73.6 Å². The molecule has 0 fully saturated rings. The van der Waals surface area contributed by atoms with Gasteiger partial charge in [-0.05, 0) is 18.2 Å². The zero-order valence-electron chi connectivity index (χ0n) is 12.3. The molecule has 1 N–H and O–H groups in total. The number of aromatic carboxylic acids is 1. The van der Waals surface area contributed by atoms with Gasteiger partial charge in [0.2, 0.25) is 0 Å². The van der Waals surface area contributed by atoms with E-state index in [1.165, 1.54) is 0 Å². The molecule has 0 aliphatic heterocycles. The molecule has 114 valence electrons. The highest BCUT2D eigenvalue weighted by Crippen LogP contribution is 2.18. The molecule has 1 aromatic heterocycles. The normalized spacial score (nSPS) is 11.1. The number of carboxylic acid groups (broad SMARTS) is 1. The van der Waals surface area contributed by atoms with Gasteiger partial charge in [0.25, 0.3) is 0 Å². The quantitative estimate of drug-likeness (QED) is 0.753. The first kappa shape index (κ1) is 15.5. The number of benzene rings is 1. The van der Waals surface area contributed by atoms with Crippen LogP contribution in [-0.4, -0.2) is 47.6 Å². The lowest BCUT2D eigenvalue weighted by Crippen LogP contribution is -2.11. The maximum Gasteiger partial charge on any atom is 0.335 e. The van der Waals surface area contributed by atoms with Crippen LogP contribution in [0.5, 0.6) is 0 Å². The number of methoxy groups -OCH3 is 1. The molecule has 0 bridgehead atoms. The predicted molar refractivity (Wildman–Crippen MR) is 78.8 cm³/mol. The van der Waals surface area contributed by atoms with Crippen LogP contribution in [0.25, 0.3) is 11.0 Å².